The van der Waals surface area contributed by atoms with Gasteiger partial charge in [0.05, 0.1) is 18.6 Å². The van der Waals surface area contributed by atoms with Crippen LogP contribution in [0.15, 0.2) is 30.4 Å². The smallest absolute Gasteiger partial charge is 0.335 e. The minimum Gasteiger partial charge on any atom is -0.491 e. The number of unbranched alkanes of at least 4 members (excludes halogenated alkanes) is 2. The van der Waals surface area contributed by atoms with Gasteiger partial charge in [0.2, 0.25) is 6.29 Å². The predicted molar refractivity (Wildman–Crippen MR) is 165 cm³/mol. The van der Waals surface area contributed by atoms with Gasteiger partial charge in [0.15, 0.2) is 6.10 Å². The van der Waals surface area contributed by atoms with Gasteiger partial charge in [-0.1, -0.05) is 6.42 Å². The molecule has 2 aliphatic rings. The van der Waals surface area contributed by atoms with E-state index in [4.69, 9.17) is 23.7 Å². The Morgan fingerprint density at radius 3 is 2.35 bits per heavy atom. The molecule has 0 radical (unpaired) electrons. The van der Waals surface area contributed by atoms with Crippen molar-refractivity contribution in [1.82, 2.24) is 10.2 Å². The lowest BCUT2D eigenvalue weighted by atomic mass is 9.97. The summed E-state index contributed by atoms with van der Waals surface area (Å²) in [7, 11) is 0. The quantitative estimate of drug-likeness (QED) is 0.0482. The van der Waals surface area contributed by atoms with Crippen LogP contribution in [0.2, 0.25) is 0 Å². The third-order valence-electron chi connectivity index (χ3n) is 7.45. The summed E-state index contributed by atoms with van der Waals surface area (Å²) in [5.41, 5.74) is -0.452. The maximum Gasteiger partial charge on any atom is 0.335 e. The van der Waals surface area contributed by atoms with Crippen LogP contribution in [-0.4, -0.2) is 124 Å². The second kappa shape index (κ2) is 18.2. The van der Waals surface area contributed by atoms with Crippen LogP contribution in [0.1, 0.15) is 52.0 Å². The van der Waals surface area contributed by atoms with Gasteiger partial charge in [-0.25, -0.2) is 4.79 Å². The minimum atomic E-state index is -1.90. The highest BCUT2D eigenvalue weighted by molar-refractivity contribution is 6.12. The van der Waals surface area contributed by atoms with Crippen molar-refractivity contribution in [3.63, 3.8) is 0 Å². The summed E-state index contributed by atoms with van der Waals surface area (Å²) in [6, 6.07) is 4.55. The van der Waals surface area contributed by atoms with Gasteiger partial charge in [0, 0.05) is 36.9 Å². The van der Waals surface area contributed by atoms with Crippen molar-refractivity contribution in [2.75, 3.05) is 32.9 Å². The lowest BCUT2D eigenvalue weighted by molar-refractivity contribution is -0.271. The number of hydrogen-bond acceptors (Lipinski definition) is 14. The van der Waals surface area contributed by atoms with Crippen LogP contribution in [0, 0.1) is 5.41 Å². The van der Waals surface area contributed by atoms with E-state index in [0.717, 1.165) is 6.42 Å². The first-order valence-electron chi connectivity index (χ1n) is 15.7. The minimum absolute atomic E-state index is 0.0140. The number of rotatable bonds is 19. The van der Waals surface area contributed by atoms with E-state index in [1.807, 2.05) is 0 Å². The van der Waals surface area contributed by atoms with Crippen molar-refractivity contribution in [3.05, 3.63) is 35.9 Å². The molecule has 1 fully saturated rings. The number of aliphatic hydroxyl groups is 4. The fraction of sp³-hybridized carbons (Fsp3) is 0.625. The first kappa shape index (κ1) is 38.8. The van der Waals surface area contributed by atoms with E-state index in [9.17, 15) is 44.7 Å². The number of carbonyl (C=O) groups is 4. The van der Waals surface area contributed by atoms with Crippen LogP contribution < -0.4 is 14.8 Å². The van der Waals surface area contributed by atoms with Gasteiger partial charge in [-0.3, -0.25) is 24.6 Å². The molecule has 0 saturated carbocycles. The van der Waals surface area contributed by atoms with Crippen LogP contribution in [0.5, 0.6) is 11.5 Å². The molecule has 1 saturated heterocycles. The van der Waals surface area contributed by atoms with Crippen LogP contribution in [0.25, 0.3) is 0 Å². The highest BCUT2D eigenvalue weighted by atomic mass is 16.7. The standard InChI is InChI=1S/C32H46N2O14/c1-32(2,3)31(43)46-18-19-8-9-20(17-21(19)47-30-27(40)25(38)26(39)28(48-30)29(41)42)45-16-15-44-14-12-33-22(35)7-5-4-6-13-34-23(36)10-11-24(34)37/h8-11,17,22,25-28,30,33,35,38-40H,4-7,12-16,18H2,1-3H3,(H,41,42)/t22?,25-,26-,27+,28-,30+/m0/s1. The molecule has 16 heteroatoms. The van der Waals surface area contributed by atoms with Crippen LogP contribution in [-0.2, 0) is 40.0 Å². The van der Waals surface area contributed by atoms with Crippen LogP contribution in [0.4, 0.5) is 0 Å². The molecule has 1 aromatic rings. The van der Waals surface area contributed by atoms with E-state index in [2.05, 4.69) is 5.32 Å². The number of carbonyl (C=O) groups excluding carboxylic acids is 3. The molecule has 1 unspecified atom stereocenters. The molecular weight excluding hydrogens is 636 g/mol. The molecule has 0 aromatic heterocycles. The molecule has 0 spiro atoms. The molecule has 2 amide bonds. The number of carboxylic acids is 1. The van der Waals surface area contributed by atoms with E-state index in [-0.39, 0.29) is 44.0 Å². The summed E-state index contributed by atoms with van der Waals surface area (Å²) in [4.78, 5) is 48.1. The van der Waals surface area contributed by atoms with Crippen molar-refractivity contribution in [3.8, 4) is 11.5 Å². The largest absolute Gasteiger partial charge is 0.491 e. The summed E-state index contributed by atoms with van der Waals surface area (Å²) < 4.78 is 27.6. The highest BCUT2D eigenvalue weighted by Gasteiger charge is 2.48. The second-order valence-electron chi connectivity index (χ2n) is 12.4. The van der Waals surface area contributed by atoms with E-state index >= 15 is 0 Å². The molecule has 3 rings (SSSR count). The Hall–Kier alpha value is -3.64. The lowest BCUT2D eigenvalue weighted by Gasteiger charge is -2.38. The average Bonchev–Trinajstić information content (AvgIpc) is 3.35. The monoisotopic (exact) mass is 682 g/mol. The Labute approximate surface area is 278 Å². The number of nitrogens with zero attached hydrogens (tertiary/aromatic N) is 1. The second-order valence-corrected chi connectivity index (χ2v) is 12.4. The first-order chi connectivity index (χ1) is 22.7. The third kappa shape index (κ3) is 11.5. The van der Waals surface area contributed by atoms with Crippen LogP contribution >= 0.6 is 0 Å². The molecule has 6 atom stereocenters. The van der Waals surface area contributed by atoms with Gasteiger partial charge in [0.25, 0.3) is 11.8 Å². The van der Waals surface area contributed by atoms with Gasteiger partial charge >= 0.3 is 11.9 Å². The third-order valence-corrected chi connectivity index (χ3v) is 7.45. The Kier molecular flexibility index (Phi) is 14.7. The van der Waals surface area contributed by atoms with E-state index in [1.54, 1.807) is 32.9 Å². The van der Waals surface area contributed by atoms with Gasteiger partial charge in [-0.15, -0.1) is 0 Å². The molecule has 6 N–H and O–H groups in total. The number of hydrogen-bond donors (Lipinski definition) is 6. The Balaban J connectivity index is 1.43. The fourth-order valence-electron chi connectivity index (χ4n) is 4.64. The van der Waals surface area contributed by atoms with Gasteiger partial charge in [0.1, 0.15) is 49.3 Å². The summed E-state index contributed by atoms with van der Waals surface area (Å²) in [5, 5.41) is 53.0. The summed E-state index contributed by atoms with van der Waals surface area (Å²) in [6.45, 7) is 6.15. The lowest BCUT2D eigenvalue weighted by Crippen LogP contribution is -2.61. The number of aliphatic carboxylic acids is 1. The number of amides is 2. The Morgan fingerprint density at radius 1 is 0.979 bits per heavy atom. The SMILES string of the molecule is CC(C)(C)C(=O)OCc1ccc(OCCOCCNC(O)CCCCCN2C(=O)C=CC2=O)cc1O[C@@H]1O[C@H](C(=O)O)[C@@H](O)[C@H](O)[C@H]1O. The average molecular weight is 683 g/mol. The summed E-state index contributed by atoms with van der Waals surface area (Å²) in [5.74, 6) is -2.35. The topological polar surface area (TPSA) is 231 Å². The van der Waals surface area contributed by atoms with Crippen molar-refractivity contribution >= 4 is 23.8 Å². The Bertz CT molecular complexity index is 1260. The van der Waals surface area contributed by atoms with Crippen LogP contribution in [0.3, 0.4) is 0 Å². The van der Waals surface area contributed by atoms with E-state index in [1.165, 1.54) is 23.1 Å². The number of esters is 1. The molecule has 2 heterocycles. The van der Waals surface area contributed by atoms with Gasteiger partial charge in [-0.2, -0.15) is 0 Å². The number of benzene rings is 1. The highest BCUT2D eigenvalue weighted by Crippen LogP contribution is 2.31. The van der Waals surface area contributed by atoms with Gasteiger partial charge < -0.3 is 49.2 Å². The zero-order valence-corrected chi connectivity index (χ0v) is 27.3. The van der Waals surface area contributed by atoms with Crippen molar-refractivity contribution in [1.29, 1.82) is 0 Å². The zero-order valence-electron chi connectivity index (χ0n) is 27.3. The van der Waals surface area contributed by atoms with E-state index in [0.29, 0.717) is 43.7 Å². The summed E-state index contributed by atoms with van der Waals surface area (Å²) in [6.07, 6.45) is -4.73. The molecular formula is C32H46N2O14. The summed E-state index contributed by atoms with van der Waals surface area (Å²) >= 11 is 0. The molecule has 268 valence electrons. The molecule has 0 aliphatic carbocycles. The zero-order chi connectivity index (χ0) is 35.4. The number of imide groups is 1. The van der Waals surface area contributed by atoms with Crippen molar-refractivity contribution in [2.45, 2.75) is 90.0 Å². The van der Waals surface area contributed by atoms with Gasteiger partial charge in [-0.05, 0) is 52.2 Å². The predicted octanol–water partition coefficient (Wildman–Crippen LogP) is -0.164. The fourth-order valence-corrected chi connectivity index (χ4v) is 4.64. The Morgan fingerprint density at radius 2 is 1.69 bits per heavy atom. The molecule has 16 nitrogen and oxygen atoms in total. The number of ether oxygens (including phenoxy) is 5. The normalized spacial score (nSPS) is 23.3. The maximum atomic E-state index is 12.3. The first-order valence-corrected chi connectivity index (χ1v) is 15.7. The number of carboxylic acid groups (broad SMARTS) is 1. The maximum absolute atomic E-state index is 12.3. The molecule has 0 bridgehead atoms. The molecule has 1 aromatic carbocycles. The molecule has 48 heavy (non-hydrogen) atoms. The van der Waals surface area contributed by atoms with Crippen molar-refractivity contribution < 1.29 is 68.4 Å². The van der Waals surface area contributed by atoms with Crippen molar-refractivity contribution in [2.24, 2.45) is 5.41 Å². The number of aliphatic hydroxyl groups excluding tert-OH is 4. The molecule has 2 aliphatic heterocycles. The number of nitrogens with one attached hydrogen (secondary N) is 1. The van der Waals surface area contributed by atoms with E-state index < -0.39 is 54.3 Å².